The lowest BCUT2D eigenvalue weighted by Crippen LogP contribution is -2.29. The number of aromatic nitrogens is 2. The highest BCUT2D eigenvalue weighted by atomic mass is 35.5. The van der Waals surface area contributed by atoms with Crippen molar-refractivity contribution in [3.63, 3.8) is 0 Å². The van der Waals surface area contributed by atoms with Gasteiger partial charge in [0.05, 0.1) is 0 Å². The van der Waals surface area contributed by atoms with Gasteiger partial charge in [-0.15, -0.1) is 0 Å². The van der Waals surface area contributed by atoms with Crippen LogP contribution in [0.15, 0.2) is 0 Å². The molecule has 0 radical (unpaired) electrons. The normalized spacial score (nSPS) is 19.2. The highest BCUT2D eigenvalue weighted by molar-refractivity contribution is 8.00. The molecular formula is C15H24ClN3S. The zero-order valence-corrected chi connectivity index (χ0v) is 14.6. The van der Waals surface area contributed by atoms with Crippen LogP contribution in [-0.2, 0) is 0 Å². The molecule has 20 heavy (non-hydrogen) atoms. The summed E-state index contributed by atoms with van der Waals surface area (Å²) in [6.45, 7) is 12.9. The fraction of sp³-hybridized carbons (Fsp3) is 0.733. The molecule has 1 aliphatic rings. The lowest BCUT2D eigenvalue weighted by molar-refractivity contribution is 0.632. The van der Waals surface area contributed by atoms with Gasteiger partial charge in [-0.25, -0.2) is 9.97 Å². The summed E-state index contributed by atoms with van der Waals surface area (Å²) < 4.78 is 0.348. The second kappa shape index (κ2) is 6.10. The summed E-state index contributed by atoms with van der Waals surface area (Å²) in [6, 6.07) is 0. The quantitative estimate of drug-likeness (QED) is 0.762. The van der Waals surface area contributed by atoms with Crippen LogP contribution in [0.25, 0.3) is 0 Å². The predicted molar refractivity (Wildman–Crippen MR) is 89.2 cm³/mol. The predicted octanol–water partition coefficient (Wildman–Crippen LogP) is 4.28. The van der Waals surface area contributed by atoms with Gasteiger partial charge in [0.25, 0.3) is 0 Å². The van der Waals surface area contributed by atoms with E-state index in [1.165, 1.54) is 0 Å². The molecule has 0 atom stereocenters. The molecule has 0 amide bonds. The van der Waals surface area contributed by atoms with E-state index in [1.54, 1.807) is 0 Å². The first-order chi connectivity index (χ1) is 9.30. The number of anilines is 1. The third kappa shape index (κ3) is 3.59. The maximum absolute atomic E-state index is 6.30. The van der Waals surface area contributed by atoms with E-state index in [0.717, 1.165) is 42.5 Å². The molecule has 3 nitrogen and oxygen atoms in total. The second-order valence-electron chi connectivity index (χ2n) is 6.32. The van der Waals surface area contributed by atoms with Crippen LogP contribution in [0.3, 0.4) is 0 Å². The SMILES string of the molecule is Cc1c(Cl)nc(C(C)C)nc1N1CCSC(C)(C)CC1. The number of rotatable bonds is 2. The van der Waals surface area contributed by atoms with Gasteiger partial charge in [-0.1, -0.05) is 39.3 Å². The third-order valence-corrected chi connectivity index (χ3v) is 5.47. The molecule has 1 aromatic heterocycles. The van der Waals surface area contributed by atoms with E-state index >= 15 is 0 Å². The summed E-state index contributed by atoms with van der Waals surface area (Å²) in [5, 5.41) is 0.592. The fourth-order valence-corrected chi connectivity index (χ4v) is 3.56. The topological polar surface area (TPSA) is 29.0 Å². The molecule has 2 rings (SSSR count). The van der Waals surface area contributed by atoms with Crippen LogP contribution >= 0.6 is 23.4 Å². The Kier molecular flexibility index (Phi) is 4.85. The monoisotopic (exact) mass is 313 g/mol. The van der Waals surface area contributed by atoms with Gasteiger partial charge in [-0.05, 0) is 13.3 Å². The third-order valence-electron chi connectivity index (χ3n) is 3.73. The maximum Gasteiger partial charge on any atom is 0.137 e. The Bertz CT molecular complexity index is 488. The molecule has 0 unspecified atom stereocenters. The van der Waals surface area contributed by atoms with E-state index in [0.29, 0.717) is 15.8 Å². The Labute approximate surface area is 131 Å². The summed E-state index contributed by atoms with van der Waals surface area (Å²) >= 11 is 8.34. The Hall–Kier alpha value is -0.480. The van der Waals surface area contributed by atoms with Crippen molar-refractivity contribution in [3.05, 3.63) is 16.5 Å². The molecule has 1 fully saturated rings. The minimum absolute atomic E-state index is 0.296. The number of hydrogen-bond donors (Lipinski definition) is 0. The minimum atomic E-state index is 0.296. The molecule has 112 valence electrons. The van der Waals surface area contributed by atoms with Crippen molar-refractivity contribution in [2.75, 3.05) is 23.7 Å². The van der Waals surface area contributed by atoms with Gasteiger partial charge in [0.15, 0.2) is 0 Å². The Morgan fingerprint density at radius 2 is 1.95 bits per heavy atom. The highest BCUT2D eigenvalue weighted by Gasteiger charge is 2.26. The largest absolute Gasteiger partial charge is 0.355 e. The molecule has 0 N–H and O–H groups in total. The average molecular weight is 314 g/mol. The van der Waals surface area contributed by atoms with Crippen LogP contribution in [0, 0.1) is 6.92 Å². The summed E-state index contributed by atoms with van der Waals surface area (Å²) in [5.74, 6) is 3.29. The lowest BCUT2D eigenvalue weighted by Gasteiger charge is -2.25. The Morgan fingerprint density at radius 1 is 1.25 bits per heavy atom. The van der Waals surface area contributed by atoms with Crippen molar-refractivity contribution in [2.24, 2.45) is 0 Å². The van der Waals surface area contributed by atoms with Crippen LogP contribution in [0.2, 0.25) is 5.15 Å². The molecule has 5 heteroatoms. The van der Waals surface area contributed by atoms with Crippen molar-refractivity contribution in [2.45, 2.75) is 51.7 Å². The van der Waals surface area contributed by atoms with Crippen molar-refractivity contribution in [3.8, 4) is 0 Å². The van der Waals surface area contributed by atoms with E-state index in [4.69, 9.17) is 16.6 Å². The molecule has 0 bridgehead atoms. The van der Waals surface area contributed by atoms with E-state index < -0.39 is 0 Å². The van der Waals surface area contributed by atoms with Crippen LogP contribution < -0.4 is 4.90 Å². The number of halogens is 1. The summed E-state index contributed by atoms with van der Waals surface area (Å²) in [4.78, 5) is 11.5. The van der Waals surface area contributed by atoms with E-state index in [9.17, 15) is 0 Å². The first-order valence-electron chi connectivity index (χ1n) is 7.23. The highest BCUT2D eigenvalue weighted by Crippen LogP contribution is 2.33. The van der Waals surface area contributed by atoms with Crippen LogP contribution in [0.4, 0.5) is 5.82 Å². The van der Waals surface area contributed by atoms with Crippen molar-refractivity contribution >= 4 is 29.2 Å². The zero-order valence-electron chi connectivity index (χ0n) is 13.0. The molecule has 0 aromatic carbocycles. The minimum Gasteiger partial charge on any atom is -0.355 e. The van der Waals surface area contributed by atoms with Gasteiger partial charge in [0.2, 0.25) is 0 Å². The van der Waals surface area contributed by atoms with Crippen molar-refractivity contribution < 1.29 is 0 Å². The van der Waals surface area contributed by atoms with Gasteiger partial charge in [-0.2, -0.15) is 11.8 Å². The van der Waals surface area contributed by atoms with Gasteiger partial charge in [-0.3, -0.25) is 0 Å². The van der Waals surface area contributed by atoms with Gasteiger partial charge < -0.3 is 4.90 Å². The first-order valence-corrected chi connectivity index (χ1v) is 8.59. The summed E-state index contributed by atoms with van der Waals surface area (Å²) in [5.41, 5.74) is 1.00. The van der Waals surface area contributed by atoms with Gasteiger partial charge in [0, 0.05) is 35.1 Å². The molecule has 0 saturated carbocycles. The smallest absolute Gasteiger partial charge is 0.137 e. The first kappa shape index (κ1) is 15.9. The van der Waals surface area contributed by atoms with Crippen LogP contribution in [0.1, 0.15) is 51.4 Å². The van der Waals surface area contributed by atoms with E-state index in [2.05, 4.69) is 37.6 Å². The molecule has 0 aliphatic carbocycles. The average Bonchev–Trinajstić information content (AvgIpc) is 2.53. The zero-order chi connectivity index (χ0) is 14.9. The summed E-state index contributed by atoms with van der Waals surface area (Å²) in [7, 11) is 0. The summed E-state index contributed by atoms with van der Waals surface area (Å²) in [6.07, 6.45) is 1.16. The molecule has 1 saturated heterocycles. The van der Waals surface area contributed by atoms with Crippen LogP contribution in [-0.4, -0.2) is 33.6 Å². The fourth-order valence-electron chi connectivity index (χ4n) is 2.29. The second-order valence-corrected chi connectivity index (χ2v) is 8.48. The number of nitrogens with zero attached hydrogens (tertiary/aromatic N) is 3. The molecular weight excluding hydrogens is 290 g/mol. The van der Waals surface area contributed by atoms with Gasteiger partial charge in [0.1, 0.15) is 16.8 Å². The lowest BCUT2D eigenvalue weighted by atomic mass is 10.1. The molecule has 2 heterocycles. The molecule has 1 aromatic rings. The molecule has 1 aliphatic heterocycles. The number of hydrogen-bond acceptors (Lipinski definition) is 4. The van der Waals surface area contributed by atoms with Gasteiger partial charge >= 0.3 is 0 Å². The standard InChI is InChI=1S/C15H24ClN3S/c1-10(2)13-17-12(16)11(3)14(18-13)19-7-6-15(4,5)20-9-8-19/h10H,6-9H2,1-5H3. The van der Waals surface area contributed by atoms with Crippen LogP contribution in [0.5, 0.6) is 0 Å². The Morgan fingerprint density at radius 3 is 2.60 bits per heavy atom. The Balaban J connectivity index is 2.32. The van der Waals surface area contributed by atoms with Crippen molar-refractivity contribution in [1.29, 1.82) is 0 Å². The van der Waals surface area contributed by atoms with E-state index in [-0.39, 0.29) is 0 Å². The maximum atomic E-state index is 6.30. The van der Waals surface area contributed by atoms with E-state index in [1.807, 2.05) is 18.7 Å². The molecule has 0 spiro atoms. The van der Waals surface area contributed by atoms with Crippen molar-refractivity contribution in [1.82, 2.24) is 9.97 Å². The number of thioether (sulfide) groups is 1.